The lowest BCUT2D eigenvalue weighted by atomic mass is 10.1. The van der Waals surface area contributed by atoms with E-state index in [4.69, 9.17) is 14.2 Å². The predicted molar refractivity (Wildman–Crippen MR) is 127 cm³/mol. The van der Waals surface area contributed by atoms with Crippen molar-refractivity contribution in [2.45, 2.75) is 57.8 Å². The molecule has 2 aliphatic rings. The largest absolute Gasteiger partial charge is 0.497 e. The Labute approximate surface area is 192 Å². The Kier molecular flexibility index (Phi) is 10.5. The van der Waals surface area contributed by atoms with Gasteiger partial charge in [-0.25, -0.2) is 0 Å². The molecule has 164 valence electrons. The van der Waals surface area contributed by atoms with Crippen LogP contribution >= 0.6 is 24.0 Å². The number of benzene rings is 1. The minimum absolute atomic E-state index is 0. The van der Waals surface area contributed by atoms with Crippen LogP contribution in [0.4, 0.5) is 0 Å². The summed E-state index contributed by atoms with van der Waals surface area (Å²) in [6.07, 6.45) is 6.29. The molecule has 0 saturated carbocycles. The van der Waals surface area contributed by atoms with E-state index < -0.39 is 0 Å². The van der Waals surface area contributed by atoms with Crippen LogP contribution in [0.15, 0.2) is 23.2 Å². The average Bonchev–Trinajstić information content (AvgIpc) is 2.74. The summed E-state index contributed by atoms with van der Waals surface area (Å²) in [6, 6.07) is 6.29. The smallest absolute Gasteiger partial charge is 0.193 e. The van der Waals surface area contributed by atoms with Gasteiger partial charge in [0.2, 0.25) is 0 Å². The summed E-state index contributed by atoms with van der Waals surface area (Å²) in [5.74, 6) is 1.85. The van der Waals surface area contributed by atoms with Crippen LogP contribution in [0, 0.1) is 6.92 Å². The van der Waals surface area contributed by atoms with Crippen molar-refractivity contribution in [2.24, 2.45) is 4.99 Å². The van der Waals surface area contributed by atoms with E-state index >= 15 is 0 Å². The molecule has 2 fully saturated rings. The monoisotopic (exact) mass is 517 g/mol. The topological polar surface area (TPSA) is 55.3 Å². The van der Waals surface area contributed by atoms with E-state index in [0.29, 0.717) is 12.2 Å². The predicted octanol–water partition coefficient (Wildman–Crippen LogP) is 3.75. The standard InChI is InChI=1S/C22H35N3O3.HI/c1-17-12-18(14-21(13-17)26-3)15-24-22(23-2)25-9-7-19(8-10-25)28-16-20-6-4-5-11-27-20;/h12-14,19-20H,4-11,15-16H2,1-3H3,(H,23,24);1H. The second-order valence-corrected chi connectivity index (χ2v) is 7.77. The first-order chi connectivity index (χ1) is 13.7. The van der Waals surface area contributed by atoms with Crippen LogP contribution in [0.25, 0.3) is 0 Å². The first-order valence-corrected chi connectivity index (χ1v) is 10.5. The first-order valence-electron chi connectivity index (χ1n) is 10.5. The minimum atomic E-state index is 0. The number of rotatable bonds is 6. The van der Waals surface area contributed by atoms with E-state index in [2.05, 4.69) is 34.3 Å². The molecule has 0 aromatic heterocycles. The molecule has 0 spiro atoms. The lowest BCUT2D eigenvalue weighted by Gasteiger charge is -2.35. The summed E-state index contributed by atoms with van der Waals surface area (Å²) in [6.45, 7) is 6.39. The van der Waals surface area contributed by atoms with Gasteiger partial charge in [-0.3, -0.25) is 4.99 Å². The van der Waals surface area contributed by atoms with Crippen LogP contribution in [0.3, 0.4) is 0 Å². The molecule has 0 amide bonds. The van der Waals surface area contributed by atoms with Crippen LogP contribution in [0.5, 0.6) is 5.75 Å². The van der Waals surface area contributed by atoms with Crippen molar-refractivity contribution < 1.29 is 14.2 Å². The van der Waals surface area contributed by atoms with Crippen molar-refractivity contribution in [1.82, 2.24) is 10.2 Å². The van der Waals surface area contributed by atoms with Crippen molar-refractivity contribution >= 4 is 29.9 Å². The third kappa shape index (κ3) is 7.61. The highest BCUT2D eigenvalue weighted by molar-refractivity contribution is 14.0. The van der Waals surface area contributed by atoms with Crippen molar-refractivity contribution in [3.8, 4) is 5.75 Å². The van der Waals surface area contributed by atoms with Crippen LogP contribution in [-0.4, -0.2) is 63.5 Å². The molecule has 2 heterocycles. The maximum absolute atomic E-state index is 6.13. The summed E-state index contributed by atoms with van der Waals surface area (Å²) in [7, 11) is 3.56. The second-order valence-electron chi connectivity index (χ2n) is 7.77. The van der Waals surface area contributed by atoms with Crippen molar-refractivity contribution in [2.75, 3.05) is 40.5 Å². The molecule has 1 atom stereocenters. The van der Waals surface area contributed by atoms with Gasteiger partial charge in [0.05, 0.1) is 25.9 Å². The SMILES string of the molecule is CN=C(NCc1cc(C)cc(OC)c1)N1CCC(OCC2CCCCO2)CC1.I. The summed E-state index contributed by atoms with van der Waals surface area (Å²) in [5, 5.41) is 3.49. The Morgan fingerprint density at radius 3 is 2.66 bits per heavy atom. The highest BCUT2D eigenvalue weighted by Crippen LogP contribution is 2.19. The number of likely N-dealkylation sites (tertiary alicyclic amines) is 1. The summed E-state index contributed by atoms with van der Waals surface area (Å²) in [4.78, 5) is 6.80. The molecular formula is C22H36IN3O3. The fraction of sp³-hybridized carbons (Fsp3) is 0.682. The molecule has 2 aliphatic heterocycles. The van der Waals surface area contributed by atoms with Crippen LogP contribution in [-0.2, 0) is 16.0 Å². The fourth-order valence-electron chi connectivity index (χ4n) is 3.97. The Hall–Kier alpha value is -1.06. The number of ether oxygens (including phenoxy) is 3. The van der Waals surface area contributed by atoms with Gasteiger partial charge in [-0.2, -0.15) is 0 Å². The van der Waals surface area contributed by atoms with E-state index in [1.54, 1.807) is 7.11 Å². The number of aryl methyl sites for hydroxylation is 1. The van der Waals surface area contributed by atoms with Gasteiger partial charge in [0.15, 0.2) is 5.96 Å². The van der Waals surface area contributed by atoms with Crippen LogP contribution in [0.1, 0.15) is 43.2 Å². The lowest BCUT2D eigenvalue weighted by molar-refractivity contribution is -0.0721. The van der Waals surface area contributed by atoms with E-state index in [9.17, 15) is 0 Å². The van der Waals surface area contributed by atoms with E-state index in [1.807, 2.05) is 13.1 Å². The van der Waals surface area contributed by atoms with Gasteiger partial charge in [0.1, 0.15) is 5.75 Å². The van der Waals surface area contributed by atoms with Gasteiger partial charge in [0, 0.05) is 33.3 Å². The van der Waals surface area contributed by atoms with Crippen molar-refractivity contribution in [3.05, 3.63) is 29.3 Å². The highest BCUT2D eigenvalue weighted by Gasteiger charge is 2.23. The molecule has 1 aromatic carbocycles. The van der Waals surface area contributed by atoms with E-state index in [0.717, 1.165) is 63.8 Å². The summed E-state index contributed by atoms with van der Waals surface area (Å²) < 4.78 is 17.3. The molecule has 3 rings (SSSR count). The third-order valence-electron chi connectivity index (χ3n) is 5.54. The second kappa shape index (κ2) is 12.6. The number of piperidine rings is 1. The lowest BCUT2D eigenvalue weighted by Crippen LogP contribution is -2.47. The molecule has 1 N–H and O–H groups in total. The number of nitrogens with one attached hydrogen (secondary N) is 1. The molecule has 1 aromatic rings. The van der Waals surface area contributed by atoms with E-state index in [-0.39, 0.29) is 24.0 Å². The molecular weight excluding hydrogens is 481 g/mol. The summed E-state index contributed by atoms with van der Waals surface area (Å²) in [5.41, 5.74) is 2.40. The number of nitrogens with zero attached hydrogens (tertiary/aromatic N) is 2. The Bertz CT molecular complexity index is 642. The van der Waals surface area contributed by atoms with Gasteiger partial charge >= 0.3 is 0 Å². The fourth-order valence-corrected chi connectivity index (χ4v) is 3.97. The zero-order chi connectivity index (χ0) is 19.8. The normalized spacial score (nSPS) is 20.9. The zero-order valence-electron chi connectivity index (χ0n) is 18.0. The Balaban J connectivity index is 0.00000300. The Morgan fingerprint density at radius 2 is 2.00 bits per heavy atom. The van der Waals surface area contributed by atoms with Gasteiger partial charge in [-0.15, -0.1) is 24.0 Å². The minimum Gasteiger partial charge on any atom is -0.497 e. The molecule has 0 aliphatic carbocycles. The molecule has 0 radical (unpaired) electrons. The average molecular weight is 517 g/mol. The Morgan fingerprint density at radius 1 is 1.21 bits per heavy atom. The number of hydrogen-bond donors (Lipinski definition) is 1. The van der Waals surface area contributed by atoms with Gasteiger partial charge < -0.3 is 24.4 Å². The number of hydrogen-bond acceptors (Lipinski definition) is 4. The van der Waals surface area contributed by atoms with Gasteiger partial charge in [0.25, 0.3) is 0 Å². The van der Waals surface area contributed by atoms with Crippen molar-refractivity contribution in [3.63, 3.8) is 0 Å². The van der Waals surface area contributed by atoms with Gasteiger partial charge in [-0.1, -0.05) is 6.07 Å². The maximum Gasteiger partial charge on any atom is 0.193 e. The summed E-state index contributed by atoms with van der Waals surface area (Å²) >= 11 is 0. The molecule has 29 heavy (non-hydrogen) atoms. The molecule has 2 saturated heterocycles. The zero-order valence-corrected chi connectivity index (χ0v) is 20.3. The molecule has 7 heteroatoms. The first kappa shape index (κ1) is 24.2. The maximum atomic E-state index is 6.13. The number of guanidine groups is 1. The van der Waals surface area contributed by atoms with E-state index in [1.165, 1.54) is 24.0 Å². The highest BCUT2D eigenvalue weighted by atomic mass is 127. The molecule has 6 nitrogen and oxygen atoms in total. The van der Waals surface area contributed by atoms with Crippen LogP contribution in [0.2, 0.25) is 0 Å². The van der Waals surface area contributed by atoms with Crippen LogP contribution < -0.4 is 10.1 Å². The molecule has 0 bridgehead atoms. The van der Waals surface area contributed by atoms with Crippen molar-refractivity contribution in [1.29, 1.82) is 0 Å². The number of halogens is 1. The third-order valence-corrected chi connectivity index (χ3v) is 5.54. The number of aliphatic imine (C=N–C) groups is 1. The number of methoxy groups -OCH3 is 1. The van der Waals surface area contributed by atoms with Gasteiger partial charge in [-0.05, 0) is 62.3 Å². The quantitative estimate of drug-likeness (QED) is 0.354. The molecule has 1 unspecified atom stereocenters.